The van der Waals surface area contributed by atoms with Crippen molar-refractivity contribution < 1.29 is 9.34 Å². The van der Waals surface area contributed by atoms with E-state index >= 15 is 0 Å². The fourth-order valence-corrected chi connectivity index (χ4v) is 2.83. The van der Waals surface area contributed by atoms with E-state index < -0.39 is 10.5 Å². The van der Waals surface area contributed by atoms with Crippen LogP contribution >= 0.6 is 0 Å². The Kier molecular flexibility index (Phi) is 2.96. The molecule has 4 rings (SSSR count). The minimum absolute atomic E-state index is 0.0730. The maximum absolute atomic E-state index is 12.3. The molecule has 0 saturated carbocycles. The van der Waals surface area contributed by atoms with Crippen molar-refractivity contribution >= 4 is 27.6 Å². The number of rotatable bonds is 2. The third-order valence-electron chi connectivity index (χ3n) is 3.90. The van der Waals surface area contributed by atoms with Crippen molar-refractivity contribution in [3.05, 3.63) is 74.8 Å². The Bertz CT molecular complexity index is 1160. The molecule has 0 amide bonds. The van der Waals surface area contributed by atoms with Gasteiger partial charge >= 0.3 is 5.63 Å². The monoisotopic (exact) mass is 321 g/mol. The zero-order chi connectivity index (χ0) is 16.8. The van der Waals surface area contributed by atoms with E-state index in [1.165, 1.54) is 18.2 Å². The average Bonchev–Trinajstić information content (AvgIpc) is 2.94. The van der Waals surface area contributed by atoms with Gasteiger partial charge in [0.05, 0.1) is 27.2 Å². The van der Waals surface area contributed by atoms with Gasteiger partial charge in [0, 0.05) is 12.1 Å². The summed E-state index contributed by atoms with van der Waals surface area (Å²) in [4.78, 5) is 22.9. The Labute approximate surface area is 134 Å². The number of nitro groups is 1. The van der Waals surface area contributed by atoms with E-state index in [-0.39, 0.29) is 11.3 Å². The summed E-state index contributed by atoms with van der Waals surface area (Å²) in [6.07, 6.45) is 0. The molecule has 0 bridgehead atoms. The third-order valence-corrected chi connectivity index (χ3v) is 3.90. The van der Waals surface area contributed by atoms with Gasteiger partial charge in [0.15, 0.2) is 0 Å². The highest BCUT2D eigenvalue weighted by Crippen LogP contribution is 2.29. The number of aromatic nitrogens is 2. The predicted molar refractivity (Wildman–Crippen MR) is 88.5 cm³/mol. The summed E-state index contributed by atoms with van der Waals surface area (Å²) in [7, 11) is 0. The molecule has 4 aromatic rings. The van der Waals surface area contributed by atoms with Gasteiger partial charge in [-0.05, 0) is 25.1 Å². The molecule has 0 spiro atoms. The van der Waals surface area contributed by atoms with Crippen LogP contribution in [0.25, 0.3) is 27.6 Å². The van der Waals surface area contributed by atoms with Crippen LogP contribution in [-0.2, 0) is 0 Å². The fourth-order valence-electron chi connectivity index (χ4n) is 2.83. The van der Waals surface area contributed by atoms with E-state index in [0.29, 0.717) is 22.0 Å². The Balaban J connectivity index is 2.22. The van der Waals surface area contributed by atoms with Crippen molar-refractivity contribution in [2.45, 2.75) is 6.92 Å². The third kappa shape index (κ3) is 1.98. The molecule has 24 heavy (non-hydrogen) atoms. The predicted octanol–water partition coefficient (Wildman–Crippen LogP) is 3.35. The zero-order valence-corrected chi connectivity index (χ0v) is 12.6. The summed E-state index contributed by atoms with van der Waals surface area (Å²) in [6.45, 7) is 1.71. The molecule has 0 aliphatic carbocycles. The fraction of sp³-hybridized carbons (Fsp3) is 0.0588. The normalized spacial score (nSPS) is 11.2. The lowest BCUT2D eigenvalue weighted by atomic mass is 10.1. The molecule has 0 N–H and O–H groups in total. The summed E-state index contributed by atoms with van der Waals surface area (Å²) < 4.78 is 6.93. The zero-order valence-electron chi connectivity index (χ0n) is 12.6. The summed E-state index contributed by atoms with van der Waals surface area (Å²) in [6, 6.07) is 13.4. The molecule has 7 nitrogen and oxygen atoms in total. The lowest BCUT2D eigenvalue weighted by Gasteiger charge is -2.05. The van der Waals surface area contributed by atoms with Gasteiger partial charge in [-0.3, -0.25) is 10.1 Å². The molecule has 118 valence electrons. The van der Waals surface area contributed by atoms with Crippen LogP contribution in [0.1, 0.15) is 5.69 Å². The van der Waals surface area contributed by atoms with Crippen LogP contribution in [0.15, 0.2) is 57.7 Å². The first kappa shape index (κ1) is 14.1. The summed E-state index contributed by atoms with van der Waals surface area (Å²) >= 11 is 0. The number of nitrogens with zero attached hydrogens (tertiary/aromatic N) is 3. The van der Waals surface area contributed by atoms with E-state index in [1.807, 2.05) is 30.3 Å². The first-order valence-corrected chi connectivity index (χ1v) is 7.22. The van der Waals surface area contributed by atoms with Crippen molar-refractivity contribution in [3.8, 4) is 5.69 Å². The van der Waals surface area contributed by atoms with Gasteiger partial charge in [0.1, 0.15) is 11.0 Å². The van der Waals surface area contributed by atoms with Gasteiger partial charge in [0.2, 0.25) is 0 Å². The summed E-state index contributed by atoms with van der Waals surface area (Å²) in [5.41, 5.74) is 1.48. The molecule has 2 aromatic carbocycles. The maximum atomic E-state index is 12.3. The van der Waals surface area contributed by atoms with Gasteiger partial charge < -0.3 is 4.42 Å². The van der Waals surface area contributed by atoms with Gasteiger partial charge in [-0.15, -0.1) is 0 Å². The molecular weight excluding hydrogens is 310 g/mol. The molecule has 2 heterocycles. The smallest absolute Gasteiger partial charge is 0.347 e. The van der Waals surface area contributed by atoms with Crippen LogP contribution in [0.4, 0.5) is 5.69 Å². The number of hydrogen-bond donors (Lipinski definition) is 0. The van der Waals surface area contributed by atoms with Crippen molar-refractivity contribution in [1.82, 2.24) is 9.78 Å². The molecule has 2 aromatic heterocycles. The molecule has 0 saturated heterocycles. The van der Waals surface area contributed by atoms with Gasteiger partial charge in [-0.2, -0.15) is 5.10 Å². The molecule has 0 fully saturated rings. The minimum atomic E-state index is -0.508. The van der Waals surface area contributed by atoms with Crippen molar-refractivity contribution in [1.29, 1.82) is 0 Å². The SMILES string of the molecule is Cc1nn(-c2ccccc2)c2c1c(=O)oc1ccc([N+](=O)[O-])cc12. The second-order valence-electron chi connectivity index (χ2n) is 5.38. The van der Waals surface area contributed by atoms with Gasteiger partial charge in [-0.1, -0.05) is 18.2 Å². The van der Waals surface area contributed by atoms with E-state index in [1.54, 1.807) is 11.6 Å². The second kappa shape index (κ2) is 5.02. The Morgan fingerprint density at radius 3 is 2.62 bits per heavy atom. The average molecular weight is 321 g/mol. The Morgan fingerprint density at radius 1 is 1.17 bits per heavy atom. The molecule has 0 aliphatic rings. The lowest BCUT2D eigenvalue weighted by molar-refractivity contribution is -0.384. The van der Waals surface area contributed by atoms with Crippen LogP contribution in [-0.4, -0.2) is 14.7 Å². The summed E-state index contributed by atoms with van der Waals surface area (Å²) in [5, 5.41) is 16.3. The molecule has 0 aliphatic heterocycles. The first-order valence-electron chi connectivity index (χ1n) is 7.22. The lowest BCUT2D eigenvalue weighted by Crippen LogP contribution is -2.02. The highest BCUT2D eigenvalue weighted by atomic mass is 16.6. The van der Waals surface area contributed by atoms with E-state index in [4.69, 9.17) is 4.42 Å². The highest BCUT2D eigenvalue weighted by Gasteiger charge is 2.19. The first-order chi connectivity index (χ1) is 11.6. The standard InChI is InChI=1S/C17H11N3O4/c1-10-15-16(19(18-10)11-5-3-2-4-6-11)13-9-12(20(22)23)7-8-14(13)24-17(15)21/h2-9H,1H3. The van der Waals surface area contributed by atoms with E-state index in [2.05, 4.69) is 5.10 Å². The van der Waals surface area contributed by atoms with Crippen LogP contribution in [0.5, 0.6) is 0 Å². The van der Waals surface area contributed by atoms with E-state index in [0.717, 1.165) is 5.69 Å². The molecule has 0 unspecified atom stereocenters. The number of fused-ring (bicyclic) bond motifs is 3. The minimum Gasteiger partial charge on any atom is -0.422 e. The number of non-ortho nitro benzene ring substituents is 1. The number of benzene rings is 2. The van der Waals surface area contributed by atoms with E-state index in [9.17, 15) is 14.9 Å². The van der Waals surface area contributed by atoms with Crippen LogP contribution in [0, 0.1) is 17.0 Å². The van der Waals surface area contributed by atoms with Crippen molar-refractivity contribution in [2.24, 2.45) is 0 Å². The van der Waals surface area contributed by atoms with Gasteiger partial charge in [0.25, 0.3) is 5.69 Å². The van der Waals surface area contributed by atoms with Crippen molar-refractivity contribution in [3.63, 3.8) is 0 Å². The Hall–Kier alpha value is -3.48. The number of hydrogen-bond acceptors (Lipinski definition) is 5. The molecular formula is C17H11N3O4. The molecule has 0 atom stereocenters. The molecule has 0 radical (unpaired) electrons. The number of aryl methyl sites for hydroxylation is 1. The Morgan fingerprint density at radius 2 is 1.92 bits per heavy atom. The van der Waals surface area contributed by atoms with Gasteiger partial charge in [-0.25, -0.2) is 9.48 Å². The quantitative estimate of drug-likeness (QED) is 0.321. The number of para-hydroxylation sites is 1. The number of nitro benzene ring substituents is 1. The largest absolute Gasteiger partial charge is 0.422 e. The van der Waals surface area contributed by atoms with Crippen LogP contribution in [0.2, 0.25) is 0 Å². The summed E-state index contributed by atoms with van der Waals surface area (Å²) in [5.74, 6) is 0. The van der Waals surface area contributed by atoms with Crippen molar-refractivity contribution in [2.75, 3.05) is 0 Å². The molecule has 7 heteroatoms. The highest BCUT2D eigenvalue weighted by molar-refractivity contribution is 6.04. The second-order valence-corrected chi connectivity index (χ2v) is 5.38. The topological polar surface area (TPSA) is 91.2 Å². The maximum Gasteiger partial charge on any atom is 0.347 e. The van der Waals surface area contributed by atoms with Crippen LogP contribution in [0.3, 0.4) is 0 Å². The van der Waals surface area contributed by atoms with Crippen LogP contribution < -0.4 is 5.63 Å².